The highest BCUT2D eigenvalue weighted by Gasteiger charge is 2.26. The third-order valence-electron chi connectivity index (χ3n) is 3.08. The van der Waals surface area contributed by atoms with Crippen molar-refractivity contribution in [1.29, 1.82) is 0 Å². The summed E-state index contributed by atoms with van der Waals surface area (Å²) in [5.41, 5.74) is 0.727. The van der Waals surface area contributed by atoms with Gasteiger partial charge in [-0.15, -0.1) is 0 Å². The van der Waals surface area contributed by atoms with Crippen LogP contribution in [0.2, 0.25) is 0 Å². The molecule has 0 radical (unpaired) electrons. The van der Waals surface area contributed by atoms with Crippen LogP contribution < -0.4 is 5.32 Å². The number of halogens is 1. The first-order valence-electron chi connectivity index (χ1n) is 6.53. The highest BCUT2D eigenvalue weighted by molar-refractivity contribution is 9.10. The number of carboxylic acids is 1. The summed E-state index contributed by atoms with van der Waals surface area (Å²) in [4.78, 5) is 23.1. The van der Waals surface area contributed by atoms with E-state index in [9.17, 15) is 9.59 Å². The zero-order valence-electron chi connectivity index (χ0n) is 11.3. The monoisotopic (exact) mass is 357 g/mol. The molecule has 6 nitrogen and oxygen atoms in total. The third-order valence-corrected chi connectivity index (χ3v) is 3.60. The summed E-state index contributed by atoms with van der Waals surface area (Å²) in [7, 11) is 0. The van der Waals surface area contributed by atoms with Crippen molar-refractivity contribution < 1.29 is 24.2 Å². The zero-order chi connectivity index (χ0) is 15.2. The smallest absolute Gasteiger partial charge is 0.305 e. The number of hydrogen-bond acceptors (Lipinski definition) is 4. The number of aliphatic carboxylic acids is 1. The first kappa shape index (κ1) is 15.9. The van der Waals surface area contributed by atoms with E-state index < -0.39 is 18.1 Å². The average molecular weight is 358 g/mol. The SMILES string of the molecule is O=C(O)C[C@H](NC(=O)[C@@H]1COCCO1)c1ccc(Br)cc1. The molecule has 21 heavy (non-hydrogen) atoms. The Kier molecular flexibility index (Phi) is 5.72. The van der Waals surface area contributed by atoms with Gasteiger partial charge in [0.15, 0.2) is 6.10 Å². The Labute approximate surface area is 130 Å². The van der Waals surface area contributed by atoms with Crippen LogP contribution in [0.15, 0.2) is 28.7 Å². The molecule has 114 valence electrons. The first-order chi connectivity index (χ1) is 10.1. The Bertz CT molecular complexity index is 499. The van der Waals surface area contributed by atoms with E-state index in [4.69, 9.17) is 14.6 Å². The summed E-state index contributed by atoms with van der Waals surface area (Å²) >= 11 is 3.32. The standard InChI is InChI=1S/C14H16BrNO5/c15-10-3-1-9(2-4-10)11(7-13(17)18)16-14(19)12-8-20-5-6-21-12/h1-4,11-12H,5-8H2,(H,16,19)(H,17,18)/t11-,12-/m0/s1. The van der Waals surface area contributed by atoms with Crippen LogP contribution in [0.3, 0.4) is 0 Å². The van der Waals surface area contributed by atoms with E-state index in [1.54, 1.807) is 24.3 Å². The second-order valence-corrected chi connectivity index (χ2v) is 5.56. The number of ether oxygens (including phenoxy) is 2. The van der Waals surface area contributed by atoms with Crippen LogP contribution in [0, 0.1) is 0 Å². The summed E-state index contributed by atoms with van der Waals surface area (Å²) in [6.07, 6.45) is -0.883. The molecule has 1 amide bonds. The van der Waals surface area contributed by atoms with E-state index in [1.165, 1.54) is 0 Å². The molecule has 7 heteroatoms. The Hall–Kier alpha value is -1.44. The maximum Gasteiger partial charge on any atom is 0.305 e. The summed E-state index contributed by atoms with van der Waals surface area (Å²) in [6.45, 7) is 1.01. The van der Waals surface area contributed by atoms with Gasteiger partial charge in [-0.3, -0.25) is 9.59 Å². The fourth-order valence-corrected chi connectivity index (χ4v) is 2.29. The van der Waals surface area contributed by atoms with Crippen molar-refractivity contribution in [3.05, 3.63) is 34.3 Å². The largest absolute Gasteiger partial charge is 0.481 e. The summed E-state index contributed by atoms with van der Waals surface area (Å²) in [6, 6.07) is 6.55. The number of carbonyl (C=O) groups excluding carboxylic acids is 1. The maximum absolute atomic E-state index is 12.1. The number of carbonyl (C=O) groups is 2. The van der Waals surface area contributed by atoms with Gasteiger partial charge >= 0.3 is 5.97 Å². The van der Waals surface area contributed by atoms with Gasteiger partial charge in [0.25, 0.3) is 5.91 Å². The van der Waals surface area contributed by atoms with Crippen molar-refractivity contribution in [1.82, 2.24) is 5.32 Å². The molecule has 2 atom stereocenters. The molecule has 1 aliphatic rings. The predicted octanol–water partition coefficient (Wildman–Crippen LogP) is 1.50. The van der Waals surface area contributed by atoms with E-state index >= 15 is 0 Å². The molecular formula is C14H16BrNO5. The van der Waals surface area contributed by atoms with Gasteiger partial charge in [-0.1, -0.05) is 28.1 Å². The molecule has 0 spiro atoms. The fraction of sp³-hybridized carbons (Fsp3) is 0.429. The topological polar surface area (TPSA) is 84.9 Å². The zero-order valence-corrected chi connectivity index (χ0v) is 12.8. The molecule has 0 aromatic heterocycles. The molecule has 1 saturated heterocycles. The van der Waals surface area contributed by atoms with Crippen molar-refractivity contribution >= 4 is 27.8 Å². The average Bonchev–Trinajstić information content (AvgIpc) is 2.48. The molecule has 0 bridgehead atoms. The normalized spacial score (nSPS) is 19.8. The summed E-state index contributed by atoms with van der Waals surface area (Å²) in [5.74, 6) is -1.34. The van der Waals surface area contributed by atoms with E-state index in [2.05, 4.69) is 21.2 Å². The van der Waals surface area contributed by atoms with Crippen LogP contribution in [0.5, 0.6) is 0 Å². The Morgan fingerprint density at radius 1 is 1.33 bits per heavy atom. The molecule has 0 unspecified atom stereocenters. The number of carboxylic acid groups (broad SMARTS) is 1. The first-order valence-corrected chi connectivity index (χ1v) is 7.32. The second kappa shape index (κ2) is 7.53. The molecule has 2 N–H and O–H groups in total. The summed E-state index contributed by atoms with van der Waals surface area (Å²) in [5, 5.41) is 11.7. The van der Waals surface area contributed by atoms with E-state index in [0.29, 0.717) is 13.2 Å². The third kappa shape index (κ3) is 4.80. The minimum absolute atomic E-state index is 0.186. The Morgan fingerprint density at radius 2 is 2.05 bits per heavy atom. The van der Waals surface area contributed by atoms with Gasteiger partial charge in [0.05, 0.1) is 32.3 Å². The lowest BCUT2D eigenvalue weighted by atomic mass is 10.0. The van der Waals surface area contributed by atoms with E-state index in [0.717, 1.165) is 10.0 Å². The minimum atomic E-state index is -0.982. The molecular weight excluding hydrogens is 342 g/mol. The van der Waals surface area contributed by atoms with Gasteiger partial charge in [-0.05, 0) is 17.7 Å². The van der Waals surface area contributed by atoms with Crippen LogP contribution >= 0.6 is 15.9 Å². The van der Waals surface area contributed by atoms with Crippen molar-refractivity contribution in [2.24, 2.45) is 0 Å². The van der Waals surface area contributed by atoms with Gasteiger partial charge in [-0.2, -0.15) is 0 Å². The molecule has 1 aliphatic heterocycles. The molecule has 1 heterocycles. The molecule has 0 saturated carbocycles. The highest BCUT2D eigenvalue weighted by atomic mass is 79.9. The maximum atomic E-state index is 12.1. The molecule has 1 aromatic carbocycles. The Balaban J connectivity index is 2.06. The van der Waals surface area contributed by atoms with Gasteiger partial charge in [0.1, 0.15) is 0 Å². The second-order valence-electron chi connectivity index (χ2n) is 4.64. The molecule has 2 rings (SSSR count). The number of nitrogens with one attached hydrogen (secondary N) is 1. The lowest BCUT2D eigenvalue weighted by Gasteiger charge is -2.25. The molecule has 1 fully saturated rings. The van der Waals surface area contributed by atoms with Crippen molar-refractivity contribution in [2.75, 3.05) is 19.8 Å². The Morgan fingerprint density at radius 3 is 2.62 bits per heavy atom. The summed E-state index contributed by atoms with van der Waals surface area (Å²) < 4.78 is 11.4. The minimum Gasteiger partial charge on any atom is -0.481 e. The van der Waals surface area contributed by atoms with Crippen LogP contribution in [-0.2, 0) is 19.1 Å². The van der Waals surface area contributed by atoms with Crippen LogP contribution in [-0.4, -0.2) is 42.9 Å². The van der Waals surface area contributed by atoms with Gasteiger partial charge in [0.2, 0.25) is 0 Å². The van der Waals surface area contributed by atoms with E-state index in [-0.39, 0.29) is 18.9 Å². The van der Waals surface area contributed by atoms with Crippen molar-refractivity contribution in [3.63, 3.8) is 0 Å². The number of rotatable bonds is 5. The van der Waals surface area contributed by atoms with Crippen LogP contribution in [0.25, 0.3) is 0 Å². The van der Waals surface area contributed by atoms with Gasteiger partial charge in [0, 0.05) is 4.47 Å². The van der Waals surface area contributed by atoms with E-state index in [1.807, 2.05) is 0 Å². The molecule has 1 aromatic rings. The quantitative estimate of drug-likeness (QED) is 0.833. The number of amides is 1. The number of hydrogen-bond donors (Lipinski definition) is 2. The predicted molar refractivity (Wildman–Crippen MR) is 77.8 cm³/mol. The van der Waals surface area contributed by atoms with Crippen molar-refractivity contribution in [2.45, 2.75) is 18.6 Å². The van der Waals surface area contributed by atoms with Gasteiger partial charge in [-0.25, -0.2) is 0 Å². The van der Waals surface area contributed by atoms with Crippen molar-refractivity contribution in [3.8, 4) is 0 Å². The number of benzene rings is 1. The highest BCUT2D eigenvalue weighted by Crippen LogP contribution is 2.20. The van der Waals surface area contributed by atoms with Gasteiger partial charge < -0.3 is 19.9 Å². The molecule has 0 aliphatic carbocycles. The van der Waals surface area contributed by atoms with Crippen LogP contribution in [0.1, 0.15) is 18.0 Å². The lowest BCUT2D eigenvalue weighted by Crippen LogP contribution is -2.44. The van der Waals surface area contributed by atoms with Crippen LogP contribution in [0.4, 0.5) is 0 Å². The lowest BCUT2D eigenvalue weighted by molar-refractivity contribution is -0.148. The fourth-order valence-electron chi connectivity index (χ4n) is 2.03.